The van der Waals surface area contributed by atoms with E-state index in [1.807, 2.05) is 0 Å². The molecule has 0 unspecified atom stereocenters. The van der Waals surface area contributed by atoms with Crippen molar-refractivity contribution in [1.82, 2.24) is 0 Å². The molecule has 0 aliphatic rings. The van der Waals surface area contributed by atoms with Gasteiger partial charge in [-0.3, -0.25) is 0 Å². The first-order chi connectivity index (χ1) is 8.27. The Kier molecular flexibility index (Phi) is 5.43. The van der Waals surface area contributed by atoms with Gasteiger partial charge in [-0.25, -0.2) is 8.42 Å². The summed E-state index contributed by atoms with van der Waals surface area (Å²) in [6.45, 7) is 0.909. The van der Waals surface area contributed by atoms with Crippen LogP contribution in [0.2, 0.25) is 10.0 Å². The van der Waals surface area contributed by atoms with Crippen molar-refractivity contribution in [2.75, 3.05) is 12.4 Å². The zero-order valence-electron chi connectivity index (χ0n) is 9.68. The summed E-state index contributed by atoms with van der Waals surface area (Å²) in [7, 11) is -3.57. The zero-order chi connectivity index (χ0) is 13.9. The van der Waals surface area contributed by atoms with Crippen LogP contribution in [0.3, 0.4) is 0 Å². The maximum atomic E-state index is 11.9. The molecule has 0 saturated heterocycles. The quantitative estimate of drug-likeness (QED) is 0.869. The van der Waals surface area contributed by atoms with Crippen LogP contribution in [0.15, 0.2) is 18.2 Å². The van der Waals surface area contributed by atoms with Gasteiger partial charge in [-0.2, -0.15) is 0 Å². The lowest BCUT2D eigenvalue weighted by molar-refractivity contribution is 0.112. The normalized spacial score (nSPS) is 15.4. The summed E-state index contributed by atoms with van der Waals surface area (Å²) in [5.41, 5.74) is 0.495. The molecule has 0 heterocycles. The van der Waals surface area contributed by atoms with Crippen LogP contribution in [0.4, 0.5) is 0 Å². The second-order valence-electron chi connectivity index (χ2n) is 3.98. The second-order valence-corrected chi connectivity index (χ2v) is 7.16. The van der Waals surface area contributed by atoms with E-state index in [0.717, 1.165) is 0 Å². The number of aliphatic hydroxyl groups excluding tert-OH is 2. The SMILES string of the molecule is C[C@H](c1ccc(Cl)c(Cl)c1)S(=O)(=O)C[C@@H](O)CO. The molecule has 18 heavy (non-hydrogen) atoms. The minimum atomic E-state index is -3.57. The van der Waals surface area contributed by atoms with E-state index in [2.05, 4.69) is 0 Å². The first-order valence-electron chi connectivity index (χ1n) is 5.23. The first-order valence-corrected chi connectivity index (χ1v) is 7.70. The van der Waals surface area contributed by atoms with Gasteiger partial charge in [-0.15, -0.1) is 0 Å². The number of rotatable bonds is 5. The minimum Gasteiger partial charge on any atom is -0.394 e. The molecule has 1 aromatic rings. The van der Waals surface area contributed by atoms with Gasteiger partial charge >= 0.3 is 0 Å². The lowest BCUT2D eigenvalue weighted by atomic mass is 10.2. The van der Waals surface area contributed by atoms with Crippen molar-refractivity contribution in [2.45, 2.75) is 18.3 Å². The van der Waals surface area contributed by atoms with E-state index in [1.165, 1.54) is 19.1 Å². The van der Waals surface area contributed by atoms with Crippen LogP contribution in [0, 0.1) is 0 Å². The standard InChI is InChI=1S/C11H14Cl2O4S/c1-7(18(16,17)6-9(15)5-14)8-2-3-10(12)11(13)4-8/h2-4,7,9,14-15H,5-6H2,1H3/t7-,9+/m1/s1. The molecule has 0 aromatic heterocycles. The molecule has 0 fully saturated rings. The fraction of sp³-hybridized carbons (Fsp3) is 0.455. The van der Waals surface area contributed by atoms with E-state index in [-0.39, 0.29) is 5.02 Å². The van der Waals surface area contributed by atoms with Gasteiger partial charge in [0.05, 0.1) is 33.8 Å². The summed E-state index contributed by atoms with van der Waals surface area (Å²) in [6.07, 6.45) is -1.28. The van der Waals surface area contributed by atoms with Gasteiger partial charge in [0, 0.05) is 0 Å². The molecule has 102 valence electrons. The molecule has 1 aromatic carbocycles. The number of hydrogen-bond acceptors (Lipinski definition) is 4. The summed E-state index contributed by atoms with van der Waals surface area (Å²) in [6, 6.07) is 4.58. The highest BCUT2D eigenvalue weighted by molar-refractivity contribution is 7.91. The fourth-order valence-corrected chi connectivity index (χ4v) is 3.24. The van der Waals surface area contributed by atoms with Crippen LogP contribution in [-0.2, 0) is 9.84 Å². The van der Waals surface area contributed by atoms with Gasteiger partial charge in [0.2, 0.25) is 0 Å². The van der Waals surface area contributed by atoms with Crippen molar-refractivity contribution in [3.63, 3.8) is 0 Å². The van der Waals surface area contributed by atoms with E-state index >= 15 is 0 Å². The lowest BCUT2D eigenvalue weighted by Gasteiger charge is -2.16. The maximum absolute atomic E-state index is 11.9. The van der Waals surface area contributed by atoms with Gasteiger partial charge in [0.15, 0.2) is 9.84 Å². The summed E-state index contributed by atoms with van der Waals surface area (Å²) in [4.78, 5) is 0. The molecule has 0 saturated carbocycles. The zero-order valence-corrected chi connectivity index (χ0v) is 12.0. The highest BCUT2D eigenvalue weighted by atomic mass is 35.5. The van der Waals surface area contributed by atoms with Crippen LogP contribution in [-0.4, -0.2) is 37.1 Å². The van der Waals surface area contributed by atoms with Crippen LogP contribution >= 0.6 is 23.2 Å². The lowest BCUT2D eigenvalue weighted by Crippen LogP contribution is -2.27. The molecule has 7 heteroatoms. The average molecular weight is 313 g/mol. The Morgan fingerprint density at radius 3 is 2.39 bits per heavy atom. The van der Waals surface area contributed by atoms with Gasteiger partial charge in [-0.1, -0.05) is 29.3 Å². The van der Waals surface area contributed by atoms with Gasteiger partial charge < -0.3 is 10.2 Å². The molecule has 0 amide bonds. The highest BCUT2D eigenvalue weighted by Crippen LogP contribution is 2.29. The second kappa shape index (κ2) is 6.21. The average Bonchev–Trinajstić information content (AvgIpc) is 2.31. The largest absolute Gasteiger partial charge is 0.394 e. The molecule has 0 aliphatic heterocycles. The molecule has 0 radical (unpaired) electrons. The van der Waals surface area contributed by atoms with E-state index < -0.39 is 33.6 Å². The molecule has 2 atom stereocenters. The Hall–Kier alpha value is -0.330. The number of benzene rings is 1. The van der Waals surface area contributed by atoms with Crippen LogP contribution in [0.5, 0.6) is 0 Å². The Balaban J connectivity index is 2.98. The molecular formula is C11H14Cl2O4S. The number of aliphatic hydroxyl groups is 2. The number of hydrogen-bond donors (Lipinski definition) is 2. The minimum absolute atomic E-state index is 0.277. The molecule has 4 nitrogen and oxygen atoms in total. The smallest absolute Gasteiger partial charge is 0.159 e. The van der Waals surface area contributed by atoms with Gasteiger partial charge in [-0.05, 0) is 24.6 Å². The highest BCUT2D eigenvalue weighted by Gasteiger charge is 2.25. The van der Waals surface area contributed by atoms with Crippen molar-refractivity contribution in [3.05, 3.63) is 33.8 Å². The monoisotopic (exact) mass is 312 g/mol. The molecular weight excluding hydrogens is 299 g/mol. The topological polar surface area (TPSA) is 74.6 Å². The van der Waals surface area contributed by atoms with E-state index in [4.69, 9.17) is 28.3 Å². The Morgan fingerprint density at radius 1 is 1.28 bits per heavy atom. The van der Waals surface area contributed by atoms with Crippen LogP contribution < -0.4 is 0 Å². The summed E-state index contributed by atoms with van der Waals surface area (Å²) >= 11 is 11.6. The molecule has 2 N–H and O–H groups in total. The van der Waals surface area contributed by atoms with E-state index in [9.17, 15) is 13.5 Å². The third-order valence-electron chi connectivity index (χ3n) is 2.59. The summed E-state index contributed by atoms with van der Waals surface area (Å²) in [5.74, 6) is -0.495. The fourth-order valence-electron chi connectivity index (χ4n) is 1.44. The predicted molar refractivity (Wildman–Crippen MR) is 71.8 cm³/mol. The first kappa shape index (κ1) is 15.7. The molecule has 1 rings (SSSR count). The van der Waals surface area contributed by atoms with Crippen molar-refractivity contribution >= 4 is 33.0 Å². The van der Waals surface area contributed by atoms with Gasteiger partial charge in [0.1, 0.15) is 0 Å². The Labute approximate surface area is 116 Å². The van der Waals surface area contributed by atoms with E-state index in [1.54, 1.807) is 6.07 Å². The Morgan fingerprint density at radius 2 is 1.89 bits per heavy atom. The van der Waals surface area contributed by atoms with Crippen molar-refractivity contribution < 1.29 is 18.6 Å². The summed E-state index contributed by atoms with van der Waals surface area (Å²) < 4.78 is 23.9. The molecule has 0 spiro atoms. The van der Waals surface area contributed by atoms with Crippen molar-refractivity contribution in [2.24, 2.45) is 0 Å². The van der Waals surface area contributed by atoms with Crippen molar-refractivity contribution in [1.29, 1.82) is 0 Å². The maximum Gasteiger partial charge on any atom is 0.159 e. The summed E-state index contributed by atoms with van der Waals surface area (Å²) in [5, 5.41) is 17.7. The molecule has 0 bridgehead atoms. The number of halogens is 2. The van der Waals surface area contributed by atoms with Crippen molar-refractivity contribution in [3.8, 4) is 0 Å². The number of sulfone groups is 1. The molecule has 0 aliphatic carbocycles. The van der Waals surface area contributed by atoms with Crippen LogP contribution in [0.25, 0.3) is 0 Å². The predicted octanol–water partition coefficient (Wildman–Crippen LogP) is 1.82. The third kappa shape index (κ3) is 3.83. The van der Waals surface area contributed by atoms with E-state index in [0.29, 0.717) is 10.6 Å². The van der Waals surface area contributed by atoms with Gasteiger partial charge in [0.25, 0.3) is 0 Å². The van der Waals surface area contributed by atoms with Crippen LogP contribution in [0.1, 0.15) is 17.7 Å². The third-order valence-corrected chi connectivity index (χ3v) is 5.53. The Bertz CT molecular complexity index is 516.